The van der Waals surface area contributed by atoms with Crippen LogP contribution in [0.25, 0.3) is 11.4 Å². The molecule has 2 aromatic heterocycles. The van der Waals surface area contributed by atoms with E-state index in [2.05, 4.69) is 20.3 Å². The predicted octanol–water partition coefficient (Wildman–Crippen LogP) is 4.24. The predicted molar refractivity (Wildman–Crippen MR) is 121 cm³/mol. The third-order valence-corrected chi connectivity index (χ3v) is 4.90. The van der Waals surface area contributed by atoms with Crippen LogP contribution >= 0.6 is 0 Å². The molecule has 0 aliphatic carbocycles. The van der Waals surface area contributed by atoms with Gasteiger partial charge in [0.2, 0.25) is 0 Å². The Morgan fingerprint density at radius 2 is 1.72 bits per heavy atom. The van der Waals surface area contributed by atoms with Crippen molar-refractivity contribution in [2.75, 3.05) is 11.9 Å². The number of aromatic nitrogens is 3. The van der Waals surface area contributed by atoms with Crippen LogP contribution in [-0.4, -0.2) is 27.9 Å². The van der Waals surface area contributed by atoms with Gasteiger partial charge in [-0.25, -0.2) is 14.4 Å². The minimum atomic E-state index is -0.333. The number of anilines is 1. The van der Waals surface area contributed by atoms with Crippen LogP contribution in [0.5, 0.6) is 0 Å². The summed E-state index contributed by atoms with van der Waals surface area (Å²) in [5.41, 5.74) is 2.85. The average molecular weight is 427 g/mol. The molecule has 160 valence electrons. The third-order valence-electron chi connectivity index (χ3n) is 4.90. The summed E-state index contributed by atoms with van der Waals surface area (Å²) >= 11 is 0. The van der Waals surface area contributed by atoms with E-state index < -0.39 is 0 Å². The lowest BCUT2D eigenvalue weighted by atomic mass is 10.1. The van der Waals surface area contributed by atoms with Gasteiger partial charge in [-0.2, -0.15) is 0 Å². The minimum absolute atomic E-state index is 0.293. The summed E-state index contributed by atoms with van der Waals surface area (Å²) < 4.78 is 13.3. The molecule has 1 amide bonds. The van der Waals surface area contributed by atoms with Crippen molar-refractivity contribution in [3.05, 3.63) is 108 Å². The van der Waals surface area contributed by atoms with E-state index in [-0.39, 0.29) is 11.7 Å². The molecule has 0 unspecified atom stereocenters. The van der Waals surface area contributed by atoms with Crippen LogP contribution in [0.1, 0.15) is 21.6 Å². The summed E-state index contributed by atoms with van der Waals surface area (Å²) in [6, 6.07) is 21.4. The molecule has 4 rings (SSSR count). The van der Waals surface area contributed by atoms with Crippen molar-refractivity contribution in [1.82, 2.24) is 20.3 Å². The third kappa shape index (κ3) is 5.13. The summed E-state index contributed by atoms with van der Waals surface area (Å²) in [6.07, 6.45) is 3.19. The first-order chi connectivity index (χ1) is 15.6. The highest BCUT2D eigenvalue weighted by molar-refractivity contribution is 5.98. The molecule has 0 bridgehead atoms. The van der Waals surface area contributed by atoms with E-state index in [4.69, 9.17) is 0 Å². The van der Waals surface area contributed by atoms with Gasteiger partial charge in [-0.1, -0.05) is 36.4 Å². The van der Waals surface area contributed by atoms with Crippen molar-refractivity contribution in [2.45, 2.75) is 13.1 Å². The fourth-order valence-electron chi connectivity index (χ4n) is 3.26. The van der Waals surface area contributed by atoms with E-state index in [1.54, 1.807) is 18.3 Å². The zero-order valence-electron chi connectivity index (χ0n) is 17.6. The summed E-state index contributed by atoms with van der Waals surface area (Å²) in [4.78, 5) is 28.2. The number of rotatable bonds is 7. The maximum atomic E-state index is 13.3. The molecule has 0 fully saturated rings. The maximum Gasteiger partial charge on any atom is 0.256 e. The number of halogens is 1. The van der Waals surface area contributed by atoms with Gasteiger partial charge in [-0.05, 0) is 42.0 Å². The Morgan fingerprint density at radius 1 is 0.969 bits per heavy atom. The molecule has 7 heteroatoms. The number of hydrogen-bond donors (Lipinski definition) is 1. The normalized spacial score (nSPS) is 10.6. The topological polar surface area (TPSA) is 71.0 Å². The van der Waals surface area contributed by atoms with Crippen LogP contribution in [0, 0.1) is 5.82 Å². The van der Waals surface area contributed by atoms with E-state index >= 15 is 0 Å². The van der Waals surface area contributed by atoms with Crippen LogP contribution in [0.15, 0.2) is 85.2 Å². The first-order valence-corrected chi connectivity index (χ1v) is 10.2. The number of nitrogens with one attached hydrogen (secondary N) is 1. The van der Waals surface area contributed by atoms with Gasteiger partial charge < -0.3 is 10.2 Å². The van der Waals surface area contributed by atoms with Crippen LogP contribution in [0.2, 0.25) is 0 Å². The van der Waals surface area contributed by atoms with Crippen molar-refractivity contribution in [3.8, 4) is 11.4 Å². The first-order valence-electron chi connectivity index (χ1n) is 10.2. The van der Waals surface area contributed by atoms with Crippen molar-refractivity contribution >= 4 is 11.7 Å². The molecule has 0 spiro atoms. The summed E-state index contributed by atoms with van der Waals surface area (Å²) in [7, 11) is 1.87. The second-order valence-corrected chi connectivity index (χ2v) is 7.28. The largest absolute Gasteiger partial charge is 0.355 e. The van der Waals surface area contributed by atoms with Gasteiger partial charge in [0.05, 0.1) is 12.2 Å². The van der Waals surface area contributed by atoms with Crippen LogP contribution in [0.4, 0.5) is 10.2 Å². The highest BCUT2D eigenvalue weighted by Crippen LogP contribution is 2.23. The number of hydrogen-bond acceptors (Lipinski definition) is 5. The van der Waals surface area contributed by atoms with E-state index in [9.17, 15) is 9.18 Å². The zero-order chi connectivity index (χ0) is 22.3. The summed E-state index contributed by atoms with van der Waals surface area (Å²) in [6.45, 7) is 0.850. The molecule has 6 nitrogen and oxygen atoms in total. The molecule has 0 saturated heterocycles. The molecule has 32 heavy (non-hydrogen) atoms. The second-order valence-electron chi connectivity index (χ2n) is 7.28. The van der Waals surface area contributed by atoms with Gasteiger partial charge >= 0.3 is 0 Å². The first kappa shape index (κ1) is 21.1. The second kappa shape index (κ2) is 9.78. The van der Waals surface area contributed by atoms with Crippen LogP contribution < -0.4 is 10.2 Å². The summed E-state index contributed by atoms with van der Waals surface area (Å²) in [5, 5.41) is 2.88. The summed E-state index contributed by atoms with van der Waals surface area (Å²) in [5.74, 6) is 0.278. The van der Waals surface area contributed by atoms with Gasteiger partial charge in [-0.3, -0.25) is 9.78 Å². The monoisotopic (exact) mass is 427 g/mol. The Hall–Kier alpha value is -4.13. The van der Waals surface area contributed by atoms with Crippen molar-refractivity contribution in [2.24, 2.45) is 0 Å². The number of carbonyl (C=O) groups is 1. The number of carbonyl (C=O) groups excluding carboxylic acids is 1. The van der Waals surface area contributed by atoms with E-state index in [1.165, 1.54) is 18.3 Å². The SMILES string of the molecule is CN(Cc1ccccc1)c1nc(-c2ccc(F)cc2)ncc1C(=O)NCc1ccccn1. The Bertz CT molecular complexity index is 1180. The molecule has 0 radical (unpaired) electrons. The number of nitrogens with zero attached hydrogens (tertiary/aromatic N) is 4. The minimum Gasteiger partial charge on any atom is -0.355 e. The standard InChI is InChI=1S/C25H22FN5O/c1-31(17-18-7-3-2-4-8-18)24-22(25(32)29-15-21-9-5-6-14-27-21)16-28-23(30-24)19-10-12-20(26)13-11-19/h2-14,16H,15,17H2,1H3,(H,29,32). The fourth-order valence-corrected chi connectivity index (χ4v) is 3.26. The lowest BCUT2D eigenvalue weighted by Gasteiger charge is -2.21. The Kier molecular flexibility index (Phi) is 6.46. The molecule has 4 aromatic rings. The molecule has 0 atom stereocenters. The van der Waals surface area contributed by atoms with Gasteiger partial charge in [0.15, 0.2) is 5.82 Å². The van der Waals surface area contributed by atoms with E-state index in [1.807, 2.05) is 60.5 Å². The van der Waals surface area contributed by atoms with E-state index in [0.717, 1.165) is 11.3 Å². The molecule has 0 aliphatic rings. The Labute approximate surface area is 185 Å². The molecular weight excluding hydrogens is 405 g/mol. The number of amides is 1. The van der Waals surface area contributed by atoms with Crippen molar-refractivity contribution in [3.63, 3.8) is 0 Å². The smallest absolute Gasteiger partial charge is 0.256 e. The average Bonchev–Trinajstić information content (AvgIpc) is 2.84. The van der Waals surface area contributed by atoms with Gasteiger partial charge in [-0.15, -0.1) is 0 Å². The molecular formula is C25H22FN5O. The van der Waals surface area contributed by atoms with Crippen LogP contribution in [0.3, 0.4) is 0 Å². The molecule has 2 aromatic carbocycles. The van der Waals surface area contributed by atoms with Crippen LogP contribution in [-0.2, 0) is 13.1 Å². The lowest BCUT2D eigenvalue weighted by molar-refractivity contribution is 0.0950. The highest BCUT2D eigenvalue weighted by atomic mass is 19.1. The van der Waals surface area contributed by atoms with Gasteiger partial charge in [0, 0.05) is 31.5 Å². The van der Waals surface area contributed by atoms with Gasteiger partial charge in [0.1, 0.15) is 17.2 Å². The Balaban J connectivity index is 1.64. The molecule has 1 N–H and O–H groups in total. The molecule has 2 heterocycles. The van der Waals surface area contributed by atoms with Crippen molar-refractivity contribution < 1.29 is 9.18 Å². The van der Waals surface area contributed by atoms with Crippen molar-refractivity contribution in [1.29, 1.82) is 0 Å². The lowest BCUT2D eigenvalue weighted by Crippen LogP contribution is -2.28. The Morgan fingerprint density at radius 3 is 2.44 bits per heavy atom. The quantitative estimate of drug-likeness (QED) is 0.478. The number of benzene rings is 2. The van der Waals surface area contributed by atoms with E-state index in [0.29, 0.717) is 35.9 Å². The molecule has 0 aliphatic heterocycles. The molecule has 0 saturated carbocycles. The zero-order valence-corrected chi connectivity index (χ0v) is 17.6. The fraction of sp³-hybridized carbons (Fsp3) is 0.120. The highest BCUT2D eigenvalue weighted by Gasteiger charge is 2.19. The number of pyridine rings is 1. The maximum absolute atomic E-state index is 13.3. The van der Waals surface area contributed by atoms with Gasteiger partial charge in [0.25, 0.3) is 5.91 Å².